The number of nitrogens with zero attached hydrogens (tertiary/aromatic N) is 1. The van der Waals surface area contributed by atoms with Gasteiger partial charge in [-0.15, -0.1) is 0 Å². The molecule has 2 unspecified atom stereocenters. The van der Waals surface area contributed by atoms with Crippen LogP contribution in [0.25, 0.3) is 0 Å². The van der Waals surface area contributed by atoms with Crippen molar-refractivity contribution in [2.24, 2.45) is 0 Å². The molecular weight excluding hydrogens is 594 g/mol. The molecule has 8 heteroatoms. The third-order valence-electron chi connectivity index (χ3n) is 8.05. The second-order valence-corrected chi connectivity index (χ2v) is 13.5. The maximum atomic E-state index is 12.6. The molecule has 0 aliphatic carbocycles. The fourth-order valence-corrected chi connectivity index (χ4v) is 5.16. The Kier molecular flexibility index (Phi) is 29.2. The molecule has 0 radical (unpaired) electrons. The van der Waals surface area contributed by atoms with E-state index >= 15 is 0 Å². The van der Waals surface area contributed by atoms with Crippen molar-refractivity contribution in [1.29, 1.82) is 0 Å². The van der Waals surface area contributed by atoms with Gasteiger partial charge in [0.05, 0.1) is 34.4 Å². The third-order valence-corrected chi connectivity index (χ3v) is 8.05. The number of aliphatic carboxylic acids is 1. The first-order chi connectivity index (χ1) is 22.6. The zero-order valence-electron chi connectivity index (χ0n) is 30.7. The average molecular weight is 665 g/mol. The van der Waals surface area contributed by atoms with Gasteiger partial charge in [0.25, 0.3) is 0 Å². The number of ether oxygens (including phenoxy) is 3. The summed E-state index contributed by atoms with van der Waals surface area (Å²) >= 11 is 0. The van der Waals surface area contributed by atoms with Crippen LogP contribution in [0.5, 0.6) is 0 Å². The number of unbranched alkanes of at least 4 members (excludes halogenated alkanes) is 12. The standard InChI is InChI=1S/C39H69NO7/c1-6-8-10-12-14-16-18-19-20-22-24-26-28-30-38(42)47-35(33-45-32-31-36(39(43)44)40(3,4)5)34-46-37(41)29-27-25-23-21-17-15-13-11-9-7-2/h8,10,14,16,19-20,35-36H,6-7,9,11-13,15,17-18,21-34H2,1-5H3/p+1/b10-8-,16-14-,20-19-. The second-order valence-electron chi connectivity index (χ2n) is 13.5. The third kappa shape index (κ3) is 29.4. The largest absolute Gasteiger partial charge is 0.477 e. The molecule has 8 nitrogen and oxygen atoms in total. The SMILES string of the molecule is CC/C=C\C/C=C\C/C=C\CCCCCC(=O)OC(COCCC(C(=O)O)[N+](C)(C)C)COC(=O)CCCCCCCCCCCC. The van der Waals surface area contributed by atoms with Crippen LogP contribution >= 0.6 is 0 Å². The zero-order chi connectivity index (χ0) is 35.0. The van der Waals surface area contributed by atoms with Gasteiger partial charge in [0.1, 0.15) is 6.61 Å². The van der Waals surface area contributed by atoms with E-state index in [2.05, 4.69) is 50.3 Å². The molecule has 47 heavy (non-hydrogen) atoms. The zero-order valence-corrected chi connectivity index (χ0v) is 30.7. The number of carboxylic acid groups (broad SMARTS) is 1. The number of hydrogen-bond donors (Lipinski definition) is 1. The highest BCUT2D eigenvalue weighted by atomic mass is 16.6. The predicted molar refractivity (Wildman–Crippen MR) is 192 cm³/mol. The summed E-state index contributed by atoms with van der Waals surface area (Å²) in [6, 6.07) is -0.617. The Hall–Kier alpha value is -2.45. The van der Waals surface area contributed by atoms with Gasteiger partial charge in [-0.1, -0.05) is 115 Å². The Morgan fingerprint density at radius 3 is 1.77 bits per heavy atom. The number of carbonyl (C=O) groups excluding carboxylic acids is 2. The minimum absolute atomic E-state index is 0.0505. The molecule has 0 bridgehead atoms. The van der Waals surface area contributed by atoms with Gasteiger partial charge < -0.3 is 23.8 Å². The van der Waals surface area contributed by atoms with Crippen molar-refractivity contribution in [3.05, 3.63) is 36.5 Å². The van der Waals surface area contributed by atoms with Crippen LogP contribution < -0.4 is 0 Å². The Morgan fingerprint density at radius 2 is 1.19 bits per heavy atom. The minimum Gasteiger partial charge on any atom is -0.477 e. The second kappa shape index (κ2) is 30.9. The van der Waals surface area contributed by atoms with Crippen LogP contribution in [0.15, 0.2) is 36.5 Å². The van der Waals surface area contributed by atoms with E-state index in [1.807, 2.05) is 21.1 Å². The Labute approximate surface area is 287 Å². The van der Waals surface area contributed by atoms with E-state index in [0.717, 1.165) is 64.2 Å². The fourth-order valence-electron chi connectivity index (χ4n) is 5.16. The number of allylic oxidation sites excluding steroid dienone is 6. The van der Waals surface area contributed by atoms with Crippen LogP contribution in [-0.4, -0.2) is 80.6 Å². The fraction of sp³-hybridized carbons (Fsp3) is 0.769. The lowest BCUT2D eigenvalue weighted by Gasteiger charge is -2.31. The van der Waals surface area contributed by atoms with E-state index in [9.17, 15) is 19.5 Å². The Balaban J connectivity index is 4.50. The summed E-state index contributed by atoms with van der Waals surface area (Å²) in [5.41, 5.74) is 0. The molecule has 2 atom stereocenters. The van der Waals surface area contributed by atoms with E-state index in [1.165, 1.54) is 44.9 Å². The topological polar surface area (TPSA) is 99.1 Å². The van der Waals surface area contributed by atoms with Crippen molar-refractivity contribution in [2.45, 2.75) is 154 Å². The summed E-state index contributed by atoms with van der Waals surface area (Å²) in [5.74, 6) is -1.51. The normalized spacial score (nSPS) is 13.5. The highest BCUT2D eigenvalue weighted by Gasteiger charge is 2.31. The van der Waals surface area contributed by atoms with E-state index < -0.39 is 18.1 Å². The molecular formula is C39H70NO7+. The van der Waals surface area contributed by atoms with Gasteiger partial charge in [-0.25, -0.2) is 4.79 Å². The molecule has 0 aromatic carbocycles. The summed E-state index contributed by atoms with van der Waals surface area (Å²) in [5, 5.41) is 9.56. The molecule has 0 aromatic rings. The van der Waals surface area contributed by atoms with Crippen LogP contribution in [0.1, 0.15) is 142 Å². The van der Waals surface area contributed by atoms with Gasteiger partial charge in [-0.3, -0.25) is 9.59 Å². The van der Waals surface area contributed by atoms with Gasteiger partial charge in [-0.05, 0) is 44.9 Å². The van der Waals surface area contributed by atoms with Crippen molar-refractivity contribution in [3.63, 3.8) is 0 Å². The Bertz CT molecular complexity index is 875. The molecule has 1 N–H and O–H groups in total. The number of carboxylic acids is 1. The molecule has 0 saturated carbocycles. The molecule has 0 aromatic heterocycles. The summed E-state index contributed by atoms with van der Waals surface area (Å²) in [7, 11) is 5.50. The number of likely N-dealkylation sites (N-methyl/N-ethyl adjacent to an activating group) is 1. The van der Waals surface area contributed by atoms with Gasteiger partial charge in [-0.2, -0.15) is 0 Å². The smallest absolute Gasteiger partial charge is 0.362 e. The maximum absolute atomic E-state index is 12.6. The molecule has 0 aliphatic heterocycles. The van der Waals surface area contributed by atoms with E-state index in [4.69, 9.17) is 14.2 Å². The number of carbonyl (C=O) groups is 3. The monoisotopic (exact) mass is 665 g/mol. The van der Waals surface area contributed by atoms with Crippen molar-refractivity contribution in [2.75, 3.05) is 41.0 Å². The van der Waals surface area contributed by atoms with Gasteiger partial charge in [0.2, 0.25) is 0 Å². The van der Waals surface area contributed by atoms with Crippen LogP contribution in [0.3, 0.4) is 0 Å². The molecule has 0 amide bonds. The number of rotatable bonds is 32. The molecule has 0 rings (SSSR count). The van der Waals surface area contributed by atoms with E-state index in [-0.39, 0.29) is 36.2 Å². The molecule has 0 aliphatic rings. The maximum Gasteiger partial charge on any atom is 0.362 e. The summed E-state index contributed by atoms with van der Waals surface area (Å²) in [6.07, 6.45) is 31.9. The van der Waals surface area contributed by atoms with E-state index in [1.54, 1.807) is 0 Å². The van der Waals surface area contributed by atoms with Crippen LogP contribution in [0.2, 0.25) is 0 Å². The summed E-state index contributed by atoms with van der Waals surface area (Å²) < 4.78 is 17.1. The number of quaternary nitrogens is 1. The first-order valence-corrected chi connectivity index (χ1v) is 18.5. The summed E-state index contributed by atoms with van der Waals surface area (Å²) in [6.45, 7) is 4.55. The van der Waals surface area contributed by atoms with Crippen molar-refractivity contribution < 1.29 is 38.2 Å². The highest BCUT2D eigenvalue weighted by Crippen LogP contribution is 2.13. The molecule has 0 heterocycles. The lowest BCUT2D eigenvalue weighted by Crippen LogP contribution is -2.50. The first-order valence-electron chi connectivity index (χ1n) is 18.5. The van der Waals surface area contributed by atoms with Crippen LogP contribution in [0.4, 0.5) is 0 Å². The lowest BCUT2D eigenvalue weighted by atomic mass is 10.1. The molecule has 272 valence electrons. The average Bonchev–Trinajstić information content (AvgIpc) is 3.01. The van der Waals surface area contributed by atoms with Gasteiger partial charge in [0.15, 0.2) is 12.1 Å². The quantitative estimate of drug-likeness (QED) is 0.0331. The van der Waals surface area contributed by atoms with Gasteiger partial charge in [0, 0.05) is 19.3 Å². The van der Waals surface area contributed by atoms with E-state index in [0.29, 0.717) is 19.3 Å². The molecule has 0 spiro atoms. The van der Waals surface area contributed by atoms with Crippen LogP contribution in [-0.2, 0) is 28.6 Å². The highest BCUT2D eigenvalue weighted by molar-refractivity contribution is 5.72. The summed E-state index contributed by atoms with van der Waals surface area (Å²) in [4.78, 5) is 36.7. The van der Waals surface area contributed by atoms with Crippen LogP contribution in [0, 0.1) is 0 Å². The lowest BCUT2D eigenvalue weighted by molar-refractivity contribution is -0.887. The minimum atomic E-state index is -0.882. The van der Waals surface area contributed by atoms with Crippen molar-refractivity contribution >= 4 is 17.9 Å². The van der Waals surface area contributed by atoms with Crippen molar-refractivity contribution in [3.8, 4) is 0 Å². The molecule has 0 saturated heterocycles. The number of esters is 2. The van der Waals surface area contributed by atoms with Crippen molar-refractivity contribution in [1.82, 2.24) is 0 Å². The number of hydrogen-bond acceptors (Lipinski definition) is 6. The molecule has 0 fully saturated rings. The van der Waals surface area contributed by atoms with Gasteiger partial charge >= 0.3 is 17.9 Å². The first kappa shape index (κ1) is 44.5. The predicted octanol–water partition coefficient (Wildman–Crippen LogP) is 9.13. The Morgan fingerprint density at radius 1 is 0.660 bits per heavy atom.